The van der Waals surface area contributed by atoms with Gasteiger partial charge in [0.05, 0.1) is 17.4 Å². The first-order valence-electron chi connectivity index (χ1n) is 13.1. The third-order valence-electron chi connectivity index (χ3n) is 6.53. The van der Waals surface area contributed by atoms with Gasteiger partial charge in [-0.3, -0.25) is 9.89 Å². The van der Waals surface area contributed by atoms with Crippen molar-refractivity contribution in [3.63, 3.8) is 0 Å². The number of carbonyl (C=O) groups excluding carboxylic acids is 1. The molecule has 5 rings (SSSR count). The van der Waals surface area contributed by atoms with E-state index in [1.165, 1.54) is 0 Å². The first kappa shape index (κ1) is 26.5. The van der Waals surface area contributed by atoms with Gasteiger partial charge < -0.3 is 20.9 Å². The molecule has 0 spiro atoms. The number of hydrogen-bond acceptors (Lipinski definition) is 5. The fourth-order valence-corrected chi connectivity index (χ4v) is 4.81. The topological polar surface area (TPSA) is 111 Å². The molecule has 5 N–H and O–H groups in total. The molecule has 2 aromatic heterocycles. The van der Waals surface area contributed by atoms with E-state index in [4.69, 9.17) is 11.6 Å². The maximum atomic E-state index is 12.3. The lowest BCUT2D eigenvalue weighted by atomic mass is 10.0. The summed E-state index contributed by atoms with van der Waals surface area (Å²) >= 11 is 6.50. The van der Waals surface area contributed by atoms with Crippen LogP contribution in [0.25, 0.3) is 33.3 Å². The second-order valence-corrected chi connectivity index (χ2v) is 9.87. The van der Waals surface area contributed by atoms with E-state index >= 15 is 0 Å². The van der Waals surface area contributed by atoms with Crippen molar-refractivity contribution >= 4 is 34.1 Å². The highest BCUT2D eigenvalue weighted by atomic mass is 35.5. The van der Waals surface area contributed by atoms with E-state index in [9.17, 15) is 4.79 Å². The van der Waals surface area contributed by atoms with Gasteiger partial charge in [0.25, 0.3) is 0 Å². The van der Waals surface area contributed by atoms with Crippen LogP contribution in [0.1, 0.15) is 24.2 Å². The van der Waals surface area contributed by atoms with Gasteiger partial charge in [-0.1, -0.05) is 54.1 Å². The van der Waals surface area contributed by atoms with Gasteiger partial charge in [0, 0.05) is 66.0 Å². The van der Waals surface area contributed by atoms with E-state index in [-0.39, 0.29) is 5.91 Å². The lowest BCUT2D eigenvalue weighted by Crippen LogP contribution is -2.29. The molecule has 8 nitrogen and oxygen atoms in total. The van der Waals surface area contributed by atoms with Crippen LogP contribution >= 0.6 is 11.6 Å². The maximum absolute atomic E-state index is 12.3. The Kier molecular flexibility index (Phi) is 8.55. The highest BCUT2D eigenvalue weighted by molar-refractivity contribution is 6.33. The molecule has 5 aromatic rings. The molecule has 0 aliphatic rings. The average molecular weight is 542 g/mol. The van der Waals surface area contributed by atoms with Crippen molar-refractivity contribution in [1.29, 1.82) is 0 Å². The summed E-state index contributed by atoms with van der Waals surface area (Å²) in [5.41, 5.74) is 7.04. The molecule has 3 aromatic carbocycles. The van der Waals surface area contributed by atoms with Crippen molar-refractivity contribution in [3.05, 3.63) is 89.5 Å². The zero-order chi connectivity index (χ0) is 27.0. The summed E-state index contributed by atoms with van der Waals surface area (Å²) < 4.78 is 0. The van der Waals surface area contributed by atoms with Crippen molar-refractivity contribution in [2.45, 2.75) is 26.3 Å². The van der Waals surface area contributed by atoms with Gasteiger partial charge >= 0.3 is 0 Å². The number of benzene rings is 3. The Morgan fingerprint density at radius 1 is 1.00 bits per heavy atom. The second-order valence-electron chi connectivity index (χ2n) is 9.46. The number of H-pyrrole nitrogens is 2. The molecule has 0 atom stereocenters. The van der Waals surface area contributed by atoms with Gasteiger partial charge in [-0.15, -0.1) is 0 Å². The smallest absolute Gasteiger partial charge is 0.221 e. The summed E-state index contributed by atoms with van der Waals surface area (Å²) in [5, 5.41) is 18.8. The molecule has 0 saturated heterocycles. The minimum absolute atomic E-state index is 0.0353. The molecule has 2 heterocycles. The number of rotatable bonds is 12. The molecule has 0 fully saturated rings. The lowest BCUT2D eigenvalue weighted by Gasteiger charge is -2.11. The highest BCUT2D eigenvalue weighted by Gasteiger charge is 2.10. The quantitative estimate of drug-likeness (QED) is 0.130. The van der Waals surface area contributed by atoms with Crippen LogP contribution in [0.5, 0.6) is 0 Å². The number of aromatic nitrogens is 4. The number of anilines is 1. The number of fused-ring (bicyclic) bond motifs is 1. The molecule has 39 heavy (non-hydrogen) atoms. The predicted molar refractivity (Wildman–Crippen MR) is 158 cm³/mol. The number of nitrogens with one attached hydrogen (secondary N) is 5. The van der Waals surface area contributed by atoms with Crippen LogP contribution in [0.2, 0.25) is 5.02 Å². The Labute approximate surface area is 232 Å². The number of amides is 1. The number of halogens is 1. The third-order valence-corrected chi connectivity index (χ3v) is 6.84. The summed E-state index contributed by atoms with van der Waals surface area (Å²) in [6.45, 7) is 4.52. The Balaban J connectivity index is 1.01. The zero-order valence-electron chi connectivity index (χ0n) is 21.9. The molecule has 0 bridgehead atoms. The first-order valence-corrected chi connectivity index (χ1v) is 13.5. The Bertz CT molecular complexity index is 1540. The molecular formula is C30H32ClN7O. The average Bonchev–Trinajstić information content (AvgIpc) is 3.60. The number of nitrogens with zero attached hydrogens (tertiary/aromatic N) is 2. The summed E-state index contributed by atoms with van der Waals surface area (Å²) in [4.78, 5) is 19.9. The van der Waals surface area contributed by atoms with Crippen LogP contribution < -0.4 is 16.0 Å². The Hall–Kier alpha value is -4.14. The van der Waals surface area contributed by atoms with E-state index in [0.717, 1.165) is 68.4 Å². The van der Waals surface area contributed by atoms with Gasteiger partial charge in [-0.2, -0.15) is 5.10 Å². The minimum atomic E-state index is 0.0353. The summed E-state index contributed by atoms with van der Waals surface area (Å²) in [7, 11) is 0. The van der Waals surface area contributed by atoms with Crippen LogP contribution in [0.4, 0.5) is 5.69 Å². The fourth-order valence-electron chi connectivity index (χ4n) is 4.49. The minimum Gasteiger partial charge on any atom is -0.384 e. The van der Waals surface area contributed by atoms with E-state index < -0.39 is 0 Å². The normalized spacial score (nSPS) is 11.1. The van der Waals surface area contributed by atoms with Crippen LogP contribution in [0.15, 0.2) is 73.1 Å². The van der Waals surface area contributed by atoms with Gasteiger partial charge in [0.15, 0.2) is 0 Å². The van der Waals surface area contributed by atoms with Crippen LogP contribution in [-0.4, -0.2) is 45.7 Å². The fraction of sp³-hybridized carbons (Fsp3) is 0.233. The lowest BCUT2D eigenvalue weighted by molar-refractivity contribution is -0.120. The third kappa shape index (κ3) is 6.85. The van der Waals surface area contributed by atoms with E-state index in [0.29, 0.717) is 26.1 Å². The number of hydrogen-bond donors (Lipinski definition) is 5. The number of imidazole rings is 1. The van der Waals surface area contributed by atoms with Gasteiger partial charge in [0.1, 0.15) is 5.82 Å². The molecule has 0 aliphatic carbocycles. The van der Waals surface area contributed by atoms with Crippen molar-refractivity contribution in [2.24, 2.45) is 0 Å². The van der Waals surface area contributed by atoms with Crippen LogP contribution in [0.3, 0.4) is 0 Å². The SMILES string of the molecule is Cc1nc(-c2cc(NCCCNC(=O)CCNCc3ccc(-c4ccccc4)c(Cl)c3)c3cn[nH]c3c2)c[nH]1. The van der Waals surface area contributed by atoms with Gasteiger partial charge in [0.2, 0.25) is 5.91 Å². The molecule has 9 heteroatoms. The van der Waals surface area contributed by atoms with Crippen molar-refractivity contribution < 1.29 is 4.79 Å². The largest absolute Gasteiger partial charge is 0.384 e. The summed E-state index contributed by atoms with van der Waals surface area (Å²) in [6.07, 6.45) is 4.94. The van der Waals surface area contributed by atoms with Crippen molar-refractivity contribution in [1.82, 2.24) is 30.8 Å². The molecule has 200 valence electrons. The van der Waals surface area contributed by atoms with Crippen molar-refractivity contribution in [3.8, 4) is 22.4 Å². The molecular weight excluding hydrogens is 510 g/mol. The second kappa shape index (κ2) is 12.6. The van der Waals surface area contributed by atoms with E-state index in [1.54, 1.807) is 0 Å². The number of carbonyl (C=O) groups is 1. The maximum Gasteiger partial charge on any atom is 0.221 e. The Morgan fingerprint density at radius 3 is 2.67 bits per heavy atom. The standard InChI is InChI=1S/C30H32ClN7O/c1-20-35-19-29(37-20)23-15-27(25-18-36-38-28(25)16-23)33-11-5-12-34-30(39)10-13-32-17-21-8-9-24(26(31)14-21)22-6-3-2-4-7-22/h2-4,6-9,14-16,18-19,32-33H,5,10-13,17H2,1H3,(H,34,39)(H,35,37)(H,36,38). The number of aromatic amines is 2. The highest BCUT2D eigenvalue weighted by Crippen LogP contribution is 2.30. The van der Waals surface area contributed by atoms with E-state index in [1.807, 2.05) is 67.8 Å². The zero-order valence-corrected chi connectivity index (χ0v) is 22.6. The molecule has 0 saturated carbocycles. The molecule has 1 amide bonds. The first-order chi connectivity index (χ1) is 19.1. The van der Waals surface area contributed by atoms with Crippen LogP contribution in [-0.2, 0) is 11.3 Å². The molecule has 0 unspecified atom stereocenters. The monoisotopic (exact) mass is 541 g/mol. The van der Waals surface area contributed by atoms with Gasteiger partial charge in [-0.05, 0) is 42.7 Å². The van der Waals surface area contributed by atoms with Gasteiger partial charge in [-0.25, -0.2) is 4.98 Å². The summed E-state index contributed by atoms with van der Waals surface area (Å²) in [6, 6.07) is 20.3. The number of aryl methyl sites for hydroxylation is 1. The van der Waals surface area contributed by atoms with Crippen LogP contribution in [0, 0.1) is 6.92 Å². The predicted octanol–water partition coefficient (Wildman–Crippen LogP) is 5.68. The molecule has 0 radical (unpaired) electrons. The van der Waals surface area contributed by atoms with Crippen molar-refractivity contribution in [2.75, 3.05) is 25.0 Å². The summed E-state index contributed by atoms with van der Waals surface area (Å²) in [5.74, 6) is 0.908. The Morgan fingerprint density at radius 2 is 1.87 bits per heavy atom. The molecule has 0 aliphatic heterocycles. The van der Waals surface area contributed by atoms with E-state index in [2.05, 4.69) is 48.2 Å².